The van der Waals surface area contributed by atoms with Crippen LogP contribution in [0.1, 0.15) is 25.8 Å². The second kappa shape index (κ2) is 7.25. The van der Waals surface area contributed by atoms with E-state index in [1.54, 1.807) is 0 Å². The largest absolute Gasteiger partial charge is 0.354 e. The van der Waals surface area contributed by atoms with Gasteiger partial charge < -0.3 is 15.1 Å². The molecule has 0 aliphatic carbocycles. The van der Waals surface area contributed by atoms with Crippen LogP contribution in [0, 0.1) is 0 Å². The minimum Gasteiger partial charge on any atom is -0.354 e. The highest BCUT2D eigenvalue weighted by Crippen LogP contribution is 2.25. The van der Waals surface area contributed by atoms with Crippen LogP contribution in [0.4, 0.5) is 5.82 Å². The summed E-state index contributed by atoms with van der Waals surface area (Å²) in [7, 11) is 2.17. The number of pyridine rings is 1. The Kier molecular flexibility index (Phi) is 5.64. The third-order valence-corrected chi connectivity index (χ3v) is 3.89. The van der Waals surface area contributed by atoms with Crippen molar-refractivity contribution in [3.05, 3.63) is 22.8 Å². The van der Waals surface area contributed by atoms with Crippen molar-refractivity contribution in [2.24, 2.45) is 0 Å². The molecule has 0 unspecified atom stereocenters. The van der Waals surface area contributed by atoms with Crippen LogP contribution < -0.4 is 10.2 Å². The topological polar surface area (TPSA) is 31.4 Å². The number of hydrogen-bond acceptors (Lipinski definition) is 4. The first-order chi connectivity index (χ1) is 9.56. The van der Waals surface area contributed by atoms with E-state index in [1.165, 1.54) is 0 Å². The number of anilines is 1. The zero-order valence-corrected chi connectivity index (χ0v) is 13.5. The molecule has 0 amide bonds. The zero-order chi connectivity index (χ0) is 14.5. The molecule has 1 fully saturated rings. The summed E-state index contributed by atoms with van der Waals surface area (Å²) in [5.74, 6) is 0.926. The molecule has 1 saturated heterocycles. The maximum Gasteiger partial charge on any atom is 0.147 e. The third-order valence-electron chi connectivity index (χ3n) is 3.61. The second-order valence-electron chi connectivity index (χ2n) is 5.83. The van der Waals surface area contributed by atoms with Crippen molar-refractivity contribution in [1.82, 2.24) is 15.2 Å². The molecular weight excluding hydrogens is 272 g/mol. The van der Waals surface area contributed by atoms with Crippen molar-refractivity contribution in [2.75, 3.05) is 38.1 Å². The average molecular weight is 297 g/mol. The Morgan fingerprint density at radius 3 is 2.80 bits per heavy atom. The first-order valence-electron chi connectivity index (χ1n) is 7.37. The molecule has 1 aromatic rings. The van der Waals surface area contributed by atoms with Gasteiger partial charge in [0.2, 0.25) is 0 Å². The first kappa shape index (κ1) is 15.5. The Bertz CT molecular complexity index is 436. The smallest absolute Gasteiger partial charge is 0.147 e. The fraction of sp³-hybridized carbons (Fsp3) is 0.667. The van der Waals surface area contributed by atoms with Crippen LogP contribution in [-0.2, 0) is 6.54 Å². The van der Waals surface area contributed by atoms with E-state index in [2.05, 4.69) is 41.0 Å². The normalized spacial score (nSPS) is 17.6. The lowest BCUT2D eigenvalue weighted by Gasteiger charge is -2.23. The molecule has 1 N–H and O–H groups in total. The first-order valence-corrected chi connectivity index (χ1v) is 7.75. The standard InChI is InChI=1S/C15H25ClN4/c1-12(2)17-10-13-9-14(16)15(18-11-13)20-6-4-5-19(3)7-8-20/h9,11-12,17H,4-8,10H2,1-3H3. The monoisotopic (exact) mass is 296 g/mol. The lowest BCUT2D eigenvalue weighted by molar-refractivity contribution is 0.360. The minimum absolute atomic E-state index is 0.467. The molecule has 4 nitrogen and oxygen atoms in total. The van der Waals surface area contributed by atoms with Gasteiger partial charge >= 0.3 is 0 Å². The summed E-state index contributed by atoms with van der Waals surface area (Å²) in [6, 6.07) is 2.50. The van der Waals surface area contributed by atoms with Gasteiger partial charge in [0.25, 0.3) is 0 Å². The summed E-state index contributed by atoms with van der Waals surface area (Å²) in [6.07, 6.45) is 3.09. The summed E-state index contributed by atoms with van der Waals surface area (Å²) in [4.78, 5) is 9.24. The SMILES string of the molecule is CC(C)NCc1cnc(N2CCCN(C)CC2)c(Cl)c1. The average Bonchev–Trinajstić information content (AvgIpc) is 2.61. The maximum atomic E-state index is 6.42. The molecule has 1 aromatic heterocycles. The fourth-order valence-electron chi connectivity index (χ4n) is 2.38. The van der Waals surface area contributed by atoms with E-state index in [0.29, 0.717) is 6.04 Å². The van der Waals surface area contributed by atoms with Gasteiger partial charge in [-0.05, 0) is 31.6 Å². The van der Waals surface area contributed by atoms with E-state index < -0.39 is 0 Å². The summed E-state index contributed by atoms with van der Waals surface area (Å²) in [5, 5.41) is 4.15. The predicted octanol–water partition coefficient (Wildman–Crippen LogP) is 2.37. The number of nitrogens with one attached hydrogen (secondary N) is 1. The van der Waals surface area contributed by atoms with Crippen LogP contribution in [0.3, 0.4) is 0 Å². The molecule has 5 heteroatoms. The molecular formula is C15H25ClN4. The number of likely N-dealkylation sites (N-methyl/N-ethyl adjacent to an activating group) is 1. The molecule has 0 aromatic carbocycles. The van der Waals surface area contributed by atoms with Crippen LogP contribution in [0.5, 0.6) is 0 Å². The van der Waals surface area contributed by atoms with E-state index in [9.17, 15) is 0 Å². The molecule has 20 heavy (non-hydrogen) atoms. The lowest BCUT2D eigenvalue weighted by Crippen LogP contribution is -2.29. The molecule has 0 saturated carbocycles. The van der Waals surface area contributed by atoms with Crippen molar-refractivity contribution in [3.63, 3.8) is 0 Å². The van der Waals surface area contributed by atoms with E-state index in [0.717, 1.165) is 55.5 Å². The van der Waals surface area contributed by atoms with Gasteiger partial charge in [-0.1, -0.05) is 25.4 Å². The van der Waals surface area contributed by atoms with E-state index >= 15 is 0 Å². The highest BCUT2D eigenvalue weighted by molar-refractivity contribution is 6.33. The number of aromatic nitrogens is 1. The molecule has 1 aliphatic heterocycles. The summed E-state index contributed by atoms with van der Waals surface area (Å²) in [5.41, 5.74) is 1.14. The Morgan fingerprint density at radius 1 is 1.30 bits per heavy atom. The molecule has 2 heterocycles. The van der Waals surface area contributed by atoms with E-state index in [4.69, 9.17) is 11.6 Å². The van der Waals surface area contributed by atoms with Gasteiger partial charge in [0.15, 0.2) is 0 Å². The number of rotatable bonds is 4. The van der Waals surface area contributed by atoms with Gasteiger partial charge in [-0.25, -0.2) is 4.98 Å². The molecule has 0 radical (unpaired) electrons. The summed E-state index contributed by atoms with van der Waals surface area (Å²) < 4.78 is 0. The van der Waals surface area contributed by atoms with Crippen molar-refractivity contribution in [3.8, 4) is 0 Å². The minimum atomic E-state index is 0.467. The van der Waals surface area contributed by atoms with Crippen LogP contribution in [0.2, 0.25) is 5.02 Å². The summed E-state index contributed by atoms with van der Waals surface area (Å²) in [6.45, 7) is 9.31. The lowest BCUT2D eigenvalue weighted by atomic mass is 10.2. The number of nitrogens with zero attached hydrogens (tertiary/aromatic N) is 3. The maximum absolute atomic E-state index is 6.42. The highest BCUT2D eigenvalue weighted by atomic mass is 35.5. The Morgan fingerprint density at radius 2 is 2.10 bits per heavy atom. The van der Waals surface area contributed by atoms with E-state index in [1.807, 2.05) is 12.3 Å². The van der Waals surface area contributed by atoms with Crippen LogP contribution in [0.25, 0.3) is 0 Å². The molecule has 0 spiro atoms. The molecule has 112 valence electrons. The van der Waals surface area contributed by atoms with Crippen LogP contribution in [-0.4, -0.2) is 49.2 Å². The van der Waals surface area contributed by atoms with Crippen molar-refractivity contribution in [2.45, 2.75) is 32.9 Å². The van der Waals surface area contributed by atoms with Crippen molar-refractivity contribution in [1.29, 1.82) is 0 Å². The predicted molar refractivity (Wildman–Crippen MR) is 85.5 cm³/mol. The van der Waals surface area contributed by atoms with Crippen LogP contribution >= 0.6 is 11.6 Å². The summed E-state index contributed by atoms with van der Waals surface area (Å²) >= 11 is 6.42. The Balaban J connectivity index is 2.05. The molecule has 2 rings (SSSR count). The van der Waals surface area contributed by atoms with Gasteiger partial charge in [-0.2, -0.15) is 0 Å². The Labute approximate surface area is 127 Å². The van der Waals surface area contributed by atoms with Crippen LogP contribution in [0.15, 0.2) is 12.3 Å². The molecule has 0 atom stereocenters. The van der Waals surface area contributed by atoms with Gasteiger partial charge in [0.05, 0.1) is 5.02 Å². The van der Waals surface area contributed by atoms with Gasteiger partial charge in [0.1, 0.15) is 5.82 Å². The van der Waals surface area contributed by atoms with E-state index in [-0.39, 0.29) is 0 Å². The number of halogens is 1. The Hall–Kier alpha value is -0.840. The quantitative estimate of drug-likeness (QED) is 0.924. The van der Waals surface area contributed by atoms with Crippen molar-refractivity contribution < 1.29 is 0 Å². The number of hydrogen-bond donors (Lipinski definition) is 1. The van der Waals surface area contributed by atoms with Gasteiger partial charge in [-0.3, -0.25) is 0 Å². The van der Waals surface area contributed by atoms with Crippen molar-refractivity contribution >= 4 is 17.4 Å². The zero-order valence-electron chi connectivity index (χ0n) is 12.7. The van der Waals surface area contributed by atoms with Gasteiger partial charge in [0, 0.05) is 38.4 Å². The fourth-order valence-corrected chi connectivity index (χ4v) is 2.69. The third kappa shape index (κ3) is 4.33. The molecule has 1 aliphatic rings. The highest BCUT2D eigenvalue weighted by Gasteiger charge is 2.16. The molecule has 0 bridgehead atoms. The second-order valence-corrected chi connectivity index (χ2v) is 6.24. The van der Waals surface area contributed by atoms with Gasteiger partial charge in [-0.15, -0.1) is 0 Å².